The molecule has 0 radical (unpaired) electrons. The summed E-state index contributed by atoms with van der Waals surface area (Å²) in [5, 5.41) is 7.03. The summed E-state index contributed by atoms with van der Waals surface area (Å²) in [5.74, 6) is -0.943. The lowest BCUT2D eigenvalue weighted by molar-refractivity contribution is 0.0996. The lowest BCUT2D eigenvalue weighted by Crippen LogP contribution is -2.16. The van der Waals surface area contributed by atoms with Gasteiger partial charge in [-0.15, -0.1) is 11.3 Å². The normalized spacial score (nSPS) is 10.9. The van der Waals surface area contributed by atoms with Gasteiger partial charge in [0, 0.05) is 30.4 Å². The summed E-state index contributed by atoms with van der Waals surface area (Å²) in [5.41, 5.74) is 7.90. The van der Waals surface area contributed by atoms with Crippen molar-refractivity contribution in [3.05, 3.63) is 66.0 Å². The molecule has 0 aliphatic heterocycles. The Hall–Kier alpha value is -3.59. The van der Waals surface area contributed by atoms with E-state index >= 15 is 0 Å². The number of carbonyl (C=O) groups excluding carboxylic acids is 2. The Kier molecular flexibility index (Phi) is 4.13. The van der Waals surface area contributed by atoms with E-state index in [0.717, 1.165) is 10.4 Å². The molecule has 4 heterocycles. The van der Waals surface area contributed by atoms with Crippen LogP contribution in [0.1, 0.15) is 26.4 Å². The molecule has 0 fully saturated rings. The predicted octanol–water partition coefficient (Wildman–Crippen LogP) is 2.51. The first-order valence-corrected chi connectivity index (χ1v) is 8.80. The molecule has 0 saturated carbocycles. The summed E-state index contributed by atoms with van der Waals surface area (Å²) in [6.45, 7) is 1.74. The van der Waals surface area contributed by atoms with Crippen LogP contribution in [0, 0.1) is 6.92 Å². The van der Waals surface area contributed by atoms with Gasteiger partial charge in [0.15, 0.2) is 0 Å². The summed E-state index contributed by atoms with van der Waals surface area (Å²) in [4.78, 5) is 34.0. The van der Waals surface area contributed by atoms with Crippen LogP contribution in [0.5, 0.6) is 0 Å². The highest BCUT2D eigenvalue weighted by Crippen LogP contribution is 2.30. The van der Waals surface area contributed by atoms with Gasteiger partial charge in [0.1, 0.15) is 4.83 Å². The maximum Gasteiger partial charge on any atom is 0.260 e. The second-order valence-corrected chi connectivity index (χ2v) is 6.85. The number of amides is 2. The monoisotopic (exact) mass is 378 g/mol. The number of thiazole rings is 1. The average Bonchev–Trinajstić information content (AvgIpc) is 3.24. The minimum absolute atomic E-state index is 0.228. The number of hydrogen-bond acceptors (Lipinski definition) is 6. The van der Waals surface area contributed by atoms with Crippen molar-refractivity contribution in [2.24, 2.45) is 5.73 Å². The number of aryl methyl sites for hydroxylation is 1. The molecule has 4 aromatic rings. The van der Waals surface area contributed by atoms with E-state index in [2.05, 4.69) is 20.4 Å². The lowest BCUT2D eigenvalue weighted by atomic mass is 10.2. The van der Waals surface area contributed by atoms with Gasteiger partial charge in [0.25, 0.3) is 5.91 Å². The van der Waals surface area contributed by atoms with Crippen LogP contribution in [0.15, 0.2) is 49.2 Å². The molecule has 4 rings (SSSR count). The molecule has 0 aliphatic rings. The Labute approximate surface area is 157 Å². The topological polar surface area (TPSA) is 115 Å². The van der Waals surface area contributed by atoms with Crippen molar-refractivity contribution in [1.82, 2.24) is 19.6 Å². The molecule has 0 bridgehead atoms. The number of rotatable bonds is 4. The quantitative estimate of drug-likeness (QED) is 0.566. The molecule has 0 unspecified atom stereocenters. The largest absolute Gasteiger partial charge is 0.366 e. The highest BCUT2D eigenvalue weighted by Gasteiger charge is 2.18. The van der Waals surface area contributed by atoms with E-state index in [1.807, 2.05) is 18.3 Å². The zero-order valence-corrected chi connectivity index (χ0v) is 15.0. The molecule has 3 N–H and O–H groups in total. The Morgan fingerprint density at radius 3 is 2.85 bits per heavy atom. The van der Waals surface area contributed by atoms with E-state index in [1.54, 1.807) is 23.8 Å². The van der Waals surface area contributed by atoms with Crippen LogP contribution in [0.2, 0.25) is 0 Å². The molecule has 0 atom stereocenters. The van der Waals surface area contributed by atoms with E-state index in [0.29, 0.717) is 21.8 Å². The molecule has 0 spiro atoms. The van der Waals surface area contributed by atoms with Crippen LogP contribution >= 0.6 is 11.3 Å². The third-order valence-corrected chi connectivity index (χ3v) is 5.17. The zero-order valence-electron chi connectivity index (χ0n) is 14.2. The molecule has 8 nitrogen and oxygen atoms in total. The molecular formula is C18H14N6O2S. The van der Waals surface area contributed by atoms with Gasteiger partial charge in [0.2, 0.25) is 5.91 Å². The van der Waals surface area contributed by atoms with Crippen LogP contribution in [-0.4, -0.2) is 31.4 Å². The predicted molar refractivity (Wildman–Crippen MR) is 102 cm³/mol. The van der Waals surface area contributed by atoms with Crippen LogP contribution in [0.25, 0.3) is 15.3 Å². The van der Waals surface area contributed by atoms with Crippen molar-refractivity contribution in [2.75, 3.05) is 5.32 Å². The van der Waals surface area contributed by atoms with E-state index in [-0.39, 0.29) is 11.5 Å². The number of anilines is 1. The van der Waals surface area contributed by atoms with Gasteiger partial charge >= 0.3 is 0 Å². The number of carbonyl (C=O) groups is 2. The average molecular weight is 378 g/mol. The summed E-state index contributed by atoms with van der Waals surface area (Å²) < 4.78 is 1.66. The number of fused-ring (bicyclic) bond motifs is 1. The molecule has 2 amide bonds. The van der Waals surface area contributed by atoms with Crippen molar-refractivity contribution in [3.63, 3.8) is 0 Å². The van der Waals surface area contributed by atoms with Gasteiger partial charge in [-0.3, -0.25) is 19.6 Å². The molecule has 27 heavy (non-hydrogen) atoms. The van der Waals surface area contributed by atoms with Gasteiger partial charge < -0.3 is 11.1 Å². The van der Waals surface area contributed by atoms with Crippen molar-refractivity contribution in [2.45, 2.75) is 6.92 Å². The molecule has 0 aromatic carbocycles. The minimum atomic E-state index is -0.606. The van der Waals surface area contributed by atoms with Crippen LogP contribution < -0.4 is 11.1 Å². The Morgan fingerprint density at radius 2 is 2.11 bits per heavy atom. The maximum absolute atomic E-state index is 12.8. The number of nitrogens with two attached hydrogens (primary N) is 1. The fourth-order valence-electron chi connectivity index (χ4n) is 2.57. The van der Waals surface area contributed by atoms with Crippen LogP contribution in [-0.2, 0) is 0 Å². The first-order chi connectivity index (χ1) is 13.0. The molecule has 9 heteroatoms. The second-order valence-electron chi connectivity index (χ2n) is 5.82. The van der Waals surface area contributed by atoms with Gasteiger partial charge in [-0.1, -0.05) is 6.07 Å². The van der Waals surface area contributed by atoms with Crippen molar-refractivity contribution < 1.29 is 9.59 Å². The zero-order chi connectivity index (χ0) is 19.0. The Balaban J connectivity index is 1.67. The number of pyridine rings is 2. The first-order valence-electron chi connectivity index (χ1n) is 7.98. The van der Waals surface area contributed by atoms with Crippen LogP contribution in [0.3, 0.4) is 0 Å². The third kappa shape index (κ3) is 3.15. The summed E-state index contributed by atoms with van der Waals surface area (Å²) in [6.07, 6.45) is 8.21. The van der Waals surface area contributed by atoms with Crippen molar-refractivity contribution in [3.8, 4) is 10.4 Å². The lowest BCUT2D eigenvalue weighted by Gasteiger charge is -2.08. The van der Waals surface area contributed by atoms with Gasteiger partial charge in [-0.25, -0.2) is 4.52 Å². The Bertz CT molecular complexity index is 1170. The summed E-state index contributed by atoms with van der Waals surface area (Å²) >= 11 is 1.44. The van der Waals surface area contributed by atoms with E-state index in [4.69, 9.17) is 5.73 Å². The summed E-state index contributed by atoms with van der Waals surface area (Å²) in [6, 6.07) is 5.31. The maximum atomic E-state index is 12.8. The number of hydrogen-bond donors (Lipinski definition) is 2. The smallest absolute Gasteiger partial charge is 0.260 e. The van der Waals surface area contributed by atoms with E-state index < -0.39 is 5.91 Å². The molecule has 134 valence electrons. The van der Waals surface area contributed by atoms with E-state index in [1.165, 1.54) is 29.8 Å². The third-order valence-electron chi connectivity index (χ3n) is 4.01. The summed E-state index contributed by atoms with van der Waals surface area (Å²) in [7, 11) is 0. The van der Waals surface area contributed by atoms with E-state index in [9.17, 15) is 9.59 Å². The number of nitrogens with one attached hydrogen (secondary N) is 1. The van der Waals surface area contributed by atoms with Crippen LogP contribution in [0.4, 0.5) is 5.69 Å². The van der Waals surface area contributed by atoms with Gasteiger partial charge in [-0.05, 0) is 19.1 Å². The molecule has 4 aromatic heterocycles. The highest BCUT2D eigenvalue weighted by molar-refractivity contribution is 7.21. The fraction of sp³-hybridized carbons (Fsp3) is 0.0556. The fourth-order valence-corrected chi connectivity index (χ4v) is 3.62. The molecule has 0 saturated heterocycles. The first kappa shape index (κ1) is 16.9. The van der Waals surface area contributed by atoms with Crippen molar-refractivity contribution in [1.29, 1.82) is 0 Å². The Morgan fingerprint density at radius 1 is 1.26 bits per heavy atom. The standard InChI is InChI=1S/C18H14N6O2S/c1-10-14(5-12(7-21-10)16(19)25)23-17(26)13-8-22-24-9-15(27-18(13)24)11-3-2-4-20-6-11/h2-9H,1H3,(H2,19,25)(H,23,26). The number of aromatic nitrogens is 4. The van der Waals surface area contributed by atoms with Gasteiger partial charge in [0.05, 0.1) is 33.6 Å². The van der Waals surface area contributed by atoms with Gasteiger partial charge in [-0.2, -0.15) is 5.10 Å². The minimum Gasteiger partial charge on any atom is -0.366 e. The highest BCUT2D eigenvalue weighted by atomic mass is 32.1. The second kappa shape index (κ2) is 6.61. The molecular weight excluding hydrogens is 364 g/mol. The number of primary amides is 1. The molecule has 0 aliphatic carbocycles. The SMILES string of the molecule is Cc1ncc(C(N)=O)cc1NC(=O)c1cnn2cc(-c3cccnc3)sc12. The number of nitrogens with zero attached hydrogens (tertiary/aromatic N) is 4. The van der Waals surface area contributed by atoms with Crippen molar-refractivity contribution >= 4 is 33.7 Å².